The molecule has 1 spiro atoms. The lowest BCUT2D eigenvalue weighted by Crippen LogP contribution is -2.61. The fourth-order valence-electron chi connectivity index (χ4n) is 13.0. The van der Waals surface area contributed by atoms with Gasteiger partial charge >= 0.3 is 0 Å². The molecule has 0 aliphatic heterocycles. The van der Waals surface area contributed by atoms with Crippen LogP contribution in [0.1, 0.15) is 101 Å². The van der Waals surface area contributed by atoms with Crippen molar-refractivity contribution in [2.45, 2.75) is 67.6 Å². The molecule has 3 unspecified atom stereocenters. The van der Waals surface area contributed by atoms with Gasteiger partial charge in [0, 0.05) is 38.4 Å². The number of carbonyl (C=O) groups excluding carboxylic acids is 1. The van der Waals surface area contributed by atoms with E-state index in [1.165, 1.54) is 113 Å². The number of carbonyl (C=O) groups is 1. The van der Waals surface area contributed by atoms with E-state index < -0.39 is 0 Å². The van der Waals surface area contributed by atoms with Crippen molar-refractivity contribution in [3.05, 3.63) is 172 Å². The molecule has 2 heteroatoms. The SMILES string of the molecule is CC12CCC(C)(CC1)c1cc3c(cc12)c1cc2cc(-c4ccccc4)ccc2c2c4cc5c(cc4n3c12)C(=O)C1c2ccccc2C12c1ccccc1C52. The van der Waals surface area contributed by atoms with E-state index in [4.69, 9.17) is 0 Å². The summed E-state index contributed by atoms with van der Waals surface area (Å²) in [4.78, 5) is 15.1. The van der Waals surface area contributed by atoms with E-state index in [9.17, 15) is 0 Å². The van der Waals surface area contributed by atoms with Crippen molar-refractivity contribution < 1.29 is 4.79 Å². The van der Waals surface area contributed by atoms with Gasteiger partial charge in [0.1, 0.15) is 0 Å². The van der Waals surface area contributed by atoms with Crippen LogP contribution in [-0.4, -0.2) is 10.2 Å². The zero-order valence-electron chi connectivity index (χ0n) is 30.5. The molecule has 7 aromatic carbocycles. The van der Waals surface area contributed by atoms with Crippen molar-refractivity contribution in [1.29, 1.82) is 0 Å². The van der Waals surface area contributed by atoms with Crippen LogP contribution < -0.4 is 0 Å². The molecular weight excluding hydrogens is 655 g/mol. The molecule has 54 heavy (non-hydrogen) atoms. The van der Waals surface area contributed by atoms with E-state index in [2.05, 4.69) is 146 Å². The normalized spacial score (nSPS) is 27.0. The molecule has 0 radical (unpaired) electrons. The first-order valence-corrected chi connectivity index (χ1v) is 20.0. The van der Waals surface area contributed by atoms with Crippen LogP contribution in [0.4, 0.5) is 0 Å². The third kappa shape index (κ3) is 2.95. The van der Waals surface area contributed by atoms with Crippen molar-refractivity contribution >= 4 is 54.7 Å². The van der Waals surface area contributed by atoms with E-state index in [0.717, 1.165) is 5.56 Å². The predicted octanol–water partition coefficient (Wildman–Crippen LogP) is 12.5. The van der Waals surface area contributed by atoms with Gasteiger partial charge < -0.3 is 4.40 Å². The predicted molar refractivity (Wildman–Crippen MR) is 220 cm³/mol. The zero-order valence-corrected chi connectivity index (χ0v) is 30.5. The van der Waals surface area contributed by atoms with Gasteiger partial charge in [0.05, 0.1) is 22.5 Å². The summed E-state index contributed by atoms with van der Waals surface area (Å²) >= 11 is 0. The van der Waals surface area contributed by atoms with E-state index in [1.54, 1.807) is 11.1 Å². The molecule has 2 aromatic heterocycles. The van der Waals surface area contributed by atoms with Gasteiger partial charge in [-0.25, -0.2) is 0 Å². The topological polar surface area (TPSA) is 21.5 Å². The molecule has 9 aromatic rings. The highest BCUT2D eigenvalue weighted by Gasteiger charge is 2.69. The number of nitrogens with zero attached hydrogens (tertiary/aromatic N) is 1. The molecule has 256 valence electrons. The van der Waals surface area contributed by atoms with Crippen LogP contribution in [0, 0.1) is 0 Å². The second kappa shape index (κ2) is 8.96. The number of benzene rings is 7. The summed E-state index contributed by atoms with van der Waals surface area (Å²) in [6.07, 6.45) is 5.04. The first-order chi connectivity index (χ1) is 26.4. The molecular formula is C52H37NO. The Balaban J connectivity index is 1.14. The summed E-state index contributed by atoms with van der Waals surface area (Å²) in [5, 5.41) is 7.82. The molecule has 15 rings (SSSR count). The van der Waals surface area contributed by atoms with E-state index >= 15 is 4.79 Å². The number of rotatable bonds is 1. The molecule has 0 amide bonds. The van der Waals surface area contributed by atoms with Crippen molar-refractivity contribution in [2.24, 2.45) is 0 Å². The monoisotopic (exact) mass is 691 g/mol. The van der Waals surface area contributed by atoms with Crippen LogP contribution in [0.15, 0.2) is 127 Å². The number of ketones is 1. The van der Waals surface area contributed by atoms with Crippen LogP contribution in [0.25, 0.3) is 60.0 Å². The highest BCUT2D eigenvalue weighted by molar-refractivity contribution is 6.32. The first kappa shape index (κ1) is 28.7. The molecule has 0 saturated heterocycles. The van der Waals surface area contributed by atoms with E-state index in [-0.39, 0.29) is 33.9 Å². The quantitative estimate of drug-likeness (QED) is 0.168. The summed E-state index contributed by atoms with van der Waals surface area (Å²) in [7, 11) is 0. The smallest absolute Gasteiger partial charge is 0.171 e. The zero-order chi connectivity index (χ0) is 35.5. The Bertz CT molecular complexity index is 3230. The Labute approximate surface area is 313 Å². The van der Waals surface area contributed by atoms with Crippen LogP contribution in [0.3, 0.4) is 0 Å². The number of fused-ring (bicyclic) bond motifs is 16. The third-order valence-corrected chi connectivity index (χ3v) is 15.7. The lowest BCUT2D eigenvalue weighted by Gasteiger charge is -2.64. The molecule has 6 aliphatic rings. The summed E-state index contributed by atoms with van der Waals surface area (Å²) in [5.41, 5.74) is 16.9. The summed E-state index contributed by atoms with van der Waals surface area (Å²) in [6.45, 7) is 5.02. The molecule has 2 bridgehead atoms. The average Bonchev–Trinajstić information content (AvgIpc) is 3.69. The van der Waals surface area contributed by atoms with E-state index in [1.807, 2.05) is 0 Å². The van der Waals surface area contributed by atoms with Crippen LogP contribution in [0.5, 0.6) is 0 Å². The minimum Gasteiger partial charge on any atom is -0.308 e. The summed E-state index contributed by atoms with van der Waals surface area (Å²) < 4.78 is 2.56. The highest BCUT2D eigenvalue weighted by atomic mass is 16.1. The Hall–Kier alpha value is -5.73. The molecule has 0 N–H and O–H groups in total. The Morgan fingerprint density at radius 2 is 1.17 bits per heavy atom. The van der Waals surface area contributed by atoms with Gasteiger partial charge in [-0.2, -0.15) is 0 Å². The fraction of sp³-hybridized carbons (Fsp3) is 0.212. The number of hydrogen-bond donors (Lipinski definition) is 0. The summed E-state index contributed by atoms with van der Waals surface area (Å²) in [6, 6.07) is 48.0. The van der Waals surface area contributed by atoms with Gasteiger partial charge in [-0.15, -0.1) is 0 Å². The molecule has 3 atom stereocenters. The second-order valence-electron chi connectivity index (χ2n) is 18.1. The van der Waals surface area contributed by atoms with Crippen molar-refractivity contribution in [2.75, 3.05) is 0 Å². The first-order valence-electron chi connectivity index (χ1n) is 20.0. The number of Topliss-reactive ketones (excluding diaryl/α,β-unsaturated/α-hetero) is 1. The van der Waals surface area contributed by atoms with Crippen molar-refractivity contribution in [3.8, 4) is 11.1 Å². The minimum absolute atomic E-state index is 0.134. The lowest BCUT2D eigenvalue weighted by molar-refractivity contribution is 0.0847. The maximum absolute atomic E-state index is 15.1. The number of hydrogen-bond acceptors (Lipinski definition) is 1. The van der Waals surface area contributed by atoms with Gasteiger partial charge in [-0.05, 0) is 134 Å². The largest absolute Gasteiger partial charge is 0.308 e. The van der Waals surface area contributed by atoms with Crippen LogP contribution >= 0.6 is 0 Å². The number of aromatic nitrogens is 1. The highest BCUT2D eigenvalue weighted by Crippen LogP contribution is 2.74. The third-order valence-electron chi connectivity index (χ3n) is 15.7. The van der Waals surface area contributed by atoms with E-state index in [0.29, 0.717) is 0 Å². The van der Waals surface area contributed by atoms with Gasteiger partial charge in [0.25, 0.3) is 0 Å². The maximum atomic E-state index is 15.1. The van der Waals surface area contributed by atoms with Crippen LogP contribution in [-0.2, 0) is 16.2 Å². The van der Waals surface area contributed by atoms with Gasteiger partial charge in [0.15, 0.2) is 5.78 Å². The molecule has 1 saturated carbocycles. The summed E-state index contributed by atoms with van der Waals surface area (Å²) in [5.74, 6) is 0.319. The Morgan fingerprint density at radius 3 is 1.91 bits per heavy atom. The minimum atomic E-state index is -0.269. The molecule has 6 aliphatic carbocycles. The second-order valence-corrected chi connectivity index (χ2v) is 18.1. The Morgan fingerprint density at radius 1 is 0.519 bits per heavy atom. The van der Waals surface area contributed by atoms with Gasteiger partial charge in [0.2, 0.25) is 0 Å². The molecule has 2 nitrogen and oxygen atoms in total. The lowest BCUT2D eigenvalue weighted by atomic mass is 9.36. The van der Waals surface area contributed by atoms with Crippen molar-refractivity contribution in [3.63, 3.8) is 0 Å². The Kier molecular flexibility index (Phi) is 4.77. The standard InChI is InChI=1S/C52H37NO/c1-50-18-20-51(2,21-19-50)42-27-44-34(25-41(42)50)36-23-30-22-29(28-10-4-3-5-11-28)16-17-31(30)45-38-24-35-37(26-43(38)53(44)48(36)45)49(54)47-33-13-7-9-15-40(33)52(47)39-14-8-6-12-32(39)46(35)52/h3-17,22-27,46-47H,18-21H2,1-2H3. The van der Waals surface area contributed by atoms with Gasteiger partial charge in [-0.3, -0.25) is 4.79 Å². The average molecular weight is 692 g/mol. The van der Waals surface area contributed by atoms with Crippen LogP contribution in [0.2, 0.25) is 0 Å². The maximum Gasteiger partial charge on any atom is 0.171 e. The fourth-order valence-corrected chi connectivity index (χ4v) is 13.0. The molecule has 1 fully saturated rings. The van der Waals surface area contributed by atoms with Crippen molar-refractivity contribution in [1.82, 2.24) is 4.40 Å². The molecule has 2 heterocycles. The van der Waals surface area contributed by atoms with Gasteiger partial charge in [-0.1, -0.05) is 105 Å².